The van der Waals surface area contributed by atoms with Crippen molar-refractivity contribution in [2.75, 3.05) is 5.73 Å². The van der Waals surface area contributed by atoms with E-state index in [-0.39, 0.29) is 35.5 Å². The van der Waals surface area contributed by atoms with Gasteiger partial charge in [0.15, 0.2) is 5.60 Å². The van der Waals surface area contributed by atoms with Gasteiger partial charge in [0.25, 0.3) is 5.56 Å². The van der Waals surface area contributed by atoms with Gasteiger partial charge in [-0.05, 0) is 24.5 Å². The summed E-state index contributed by atoms with van der Waals surface area (Å²) < 4.78 is 1.41. The standard InChI is InChI=1S/C22H23N3O5/c1-3-11-12-7-5-6-8-15(12)24-18-13(11)9-25-19(18)17(23)16(14(10-26)20(25)27)22(30,4-2)21(28)29/h5-8,26,30H,3-4,9-10,23H2,1-2H3,(H,28,29)/t22-/m0/s1. The van der Waals surface area contributed by atoms with E-state index < -0.39 is 23.7 Å². The van der Waals surface area contributed by atoms with Crippen LogP contribution in [0.1, 0.15) is 42.5 Å². The van der Waals surface area contributed by atoms with Crippen LogP contribution in [-0.4, -0.2) is 30.8 Å². The zero-order valence-corrected chi connectivity index (χ0v) is 16.8. The van der Waals surface area contributed by atoms with E-state index in [2.05, 4.69) is 0 Å². The molecule has 8 heteroatoms. The molecule has 0 amide bonds. The molecule has 156 valence electrons. The summed E-state index contributed by atoms with van der Waals surface area (Å²) in [7, 11) is 0. The monoisotopic (exact) mass is 409 g/mol. The molecule has 0 radical (unpaired) electrons. The van der Waals surface area contributed by atoms with Crippen LogP contribution in [0.2, 0.25) is 0 Å². The number of nitrogens with zero attached hydrogens (tertiary/aromatic N) is 2. The molecule has 0 spiro atoms. The summed E-state index contributed by atoms with van der Waals surface area (Å²) in [5.41, 5.74) is 6.33. The van der Waals surface area contributed by atoms with Gasteiger partial charge in [0, 0.05) is 16.5 Å². The lowest BCUT2D eigenvalue weighted by molar-refractivity contribution is -0.160. The highest BCUT2D eigenvalue weighted by Gasteiger charge is 2.43. The molecule has 1 aliphatic heterocycles. The van der Waals surface area contributed by atoms with E-state index in [0.717, 1.165) is 22.0 Å². The smallest absolute Gasteiger partial charge is 0.340 e. The number of carboxylic acid groups (broad SMARTS) is 1. The molecular formula is C22H23N3O5. The van der Waals surface area contributed by atoms with E-state index in [9.17, 15) is 24.9 Å². The Morgan fingerprint density at radius 2 is 1.97 bits per heavy atom. The Kier molecular flexibility index (Phi) is 4.63. The Hall–Kier alpha value is -3.23. The minimum absolute atomic E-state index is 0.0472. The van der Waals surface area contributed by atoms with Crippen LogP contribution in [0.4, 0.5) is 5.69 Å². The molecule has 0 fully saturated rings. The number of nitrogens with two attached hydrogens (primary N) is 1. The lowest BCUT2D eigenvalue weighted by Gasteiger charge is -2.27. The van der Waals surface area contributed by atoms with E-state index >= 15 is 0 Å². The van der Waals surface area contributed by atoms with Crippen molar-refractivity contribution in [3.63, 3.8) is 0 Å². The first-order valence-corrected chi connectivity index (χ1v) is 9.83. The van der Waals surface area contributed by atoms with Crippen LogP contribution in [-0.2, 0) is 30.0 Å². The van der Waals surface area contributed by atoms with Gasteiger partial charge >= 0.3 is 5.97 Å². The molecule has 0 saturated carbocycles. The molecular weight excluding hydrogens is 386 g/mol. The van der Waals surface area contributed by atoms with Crippen LogP contribution in [0.3, 0.4) is 0 Å². The van der Waals surface area contributed by atoms with Crippen molar-refractivity contribution >= 4 is 22.6 Å². The number of hydrogen-bond donors (Lipinski definition) is 4. The number of carbonyl (C=O) groups is 1. The number of fused-ring (bicyclic) bond motifs is 4. The number of aryl methyl sites for hydroxylation is 1. The molecule has 0 bridgehead atoms. The molecule has 1 atom stereocenters. The van der Waals surface area contributed by atoms with E-state index in [4.69, 9.17) is 10.7 Å². The largest absolute Gasteiger partial charge is 0.479 e. The number of para-hydroxylation sites is 1. The SMILES string of the molecule is CCc1c2c(nc3ccccc13)-c1c(N)c([C@@](O)(CC)C(=O)O)c(CO)c(=O)n1C2. The zero-order chi connectivity index (χ0) is 21.8. The number of anilines is 1. The third-order valence-corrected chi connectivity index (χ3v) is 6.04. The van der Waals surface area contributed by atoms with Crippen molar-refractivity contribution in [1.29, 1.82) is 0 Å². The number of pyridine rings is 2. The van der Waals surface area contributed by atoms with Crippen molar-refractivity contribution < 1.29 is 20.1 Å². The predicted molar refractivity (Wildman–Crippen MR) is 112 cm³/mol. The summed E-state index contributed by atoms with van der Waals surface area (Å²) >= 11 is 0. The van der Waals surface area contributed by atoms with Crippen LogP contribution in [0.25, 0.3) is 22.3 Å². The fourth-order valence-electron chi connectivity index (χ4n) is 4.51. The second kappa shape index (κ2) is 6.93. The van der Waals surface area contributed by atoms with E-state index in [1.54, 1.807) is 0 Å². The summed E-state index contributed by atoms with van der Waals surface area (Å²) in [6.07, 6.45) is 0.488. The number of rotatable bonds is 5. The molecule has 0 unspecified atom stereocenters. The van der Waals surface area contributed by atoms with Gasteiger partial charge < -0.3 is 25.6 Å². The second-order valence-electron chi connectivity index (χ2n) is 7.47. The van der Waals surface area contributed by atoms with Crippen molar-refractivity contribution in [1.82, 2.24) is 9.55 Å². The average molecular weight is 409 g/mol. The van der Waals surface area contributed by atoms with Crippen LogP contribution in [0.15, 0.2) is 29.1 Å². The molecule has 3 aromatic rings. The average Bonchev–Trinajstić information content (AvgIpc) is 3.13. The molecule has 0 saturated heterocycles. The zero-order valence-electron chi connectivity index (χ0n) is 16.8. The molecule has 8 nitrogen and oxygen atoms in total. The van der Waals surface area contributed by atoms with E-state index in [1.165, 1.54) is 11.5 Å². The number of carboxylic acids is 1. The first-order chi connectivity index (χ1) is 14.3. The fourth-order valence-corrected chi connectivity index (χ4v) is 4.51. The molecule has 5 N–H and O–H groups in total. The van der Waals surface area contributed by atoms with Gasteiger partial charge in [-0.3, -0.25) is 4.79 Å². The van der Waals surface area contributed by atoms with Gasteiger partial charge in [0.2, 0.25) is 0 Å². The Morgan fingerprint density at radius 3 is 2.57 bits per heavy atom. The van der Waals surface area contributed by atoms with Gasteiger partial charge in [-0.2, -0.15) is 0 Å². The maximum absolute atomic E-state index is 13.2. The fraction of sp³-hybridized carbons (Fsp3) is 0.318. The summed E-state index contributed by atoms with van der Waals surface area (Å²) in [6, 6.07) is 7.64. The predicted octanol–water partition coefficient (Wildman–Crippen LogP) is 1.74. The minimum Gasteiger partial charge on any atom is -0.479 e. The third-order valence-electron chi connectivity index (χ3n) is 6.04. The van der Waals surface area contributed by atoms with Gasteiger partial charge in [-0.1, -0.05) is 32.0 Å². The normalized spacial score (nSPS) is 14.4. The first kappa shape index (κ1) is 20.1. The quantitative estimate of drug-likeness (QED) is 0.394. The van der Waals surface area contributed by atoms with Crippen molar-refractivity contribution in [3.8, 4) is 11.4 Å². The van der Waals surface area contributed by atoms with Gasteiger partial charge in [0.1, 0.15) is 0 Å². The molecule has 2 aromatic heterocycles. The van der Waals surface area contributed by atoms with Crippen molar-refractivity contribution in [2.24, 2.45) is 0 Å². The summed E-state index contributed by atoms with van der Waals surface area (Å²) in [5.74, 6) is -1.53. The summed E-state index contributed by atoms with van der Waals surface area (Å²) in [6.45, 7) is 2.98. The molecule has 1 aliphatic rings. The molecule has 0 aliphatic carbocycles. The summed E-state index contributed by atoms with van der Waals surface area (Å²) in [5, 5.41) is 31.4. The Labute approximate surface area is 172 Å². The Balaban J connectivity index is 2.15. The topological polar surface area (TPSA) is 139 Å². The van der Waals surface area contributed by atoms with E-state index in [0.29, 0.717) is 12.1 Å². The number of aromatic nitrogens is 2. The molecule has 4 rings (SSSR count). The maximum atomic E-state index is 13.2. The number of hydrogen-bond acceptors (Lipinski definition) is 6. The number of nitrogen functional groups attached to an aromatic ring is 1. The highest BCUT2D eigenvalue weighted by molar-refractivity contribution is 5.92. The second-order valence-corrected chi connectivity index (χ2v) is 7.47. The maximum Gasteiger partial charge on any atom is 0.340 e. The van der Waals surface area contributed by atoms with Crippen LogP contribution < -0.4 is 11.3 Å². The lowest BCUT2D eigenvalue weighted by Crippen LogP contribution is -2.40. The third kappa shape index (κ3) is 2.50. The van der Waals surface area contributed by atoms with Gasteiger partial charge in [0.05, 0.1) is 41.3 Å². The van der Waals surface area contributed by atoms with Gasteiger partial charge in [-0.25, -0.2) is 9.78 Å². The van der Waals surface area contributed by atoms with Crippen molar-refractivity contribution in [2.45, 2.75) is 45.4 Å². The molecule has 1 aromatic carbocycles. The van der Waals surface area contributed by atoms with Crippen molar-refractivity contribution in [3.05, 3.63) is 56.9 Å². The Bertz CT molecular complexity index is 1260. The number of benzene rings is 1. The highest BCUT2D eigenvalue weighted by Crippen LogP contribution is 2.43. The summed E-state index contributed by atoms with van der Waals surface area (Å²) in [4.78, 5) is 29.8. The number of aliphatic hydroxyl groups is 2. The van der Waals surface area contributed by atoms with E-state index in [1.807, 2.05) is 31.2 Å². The Morgan fingerprint density at radius 1 is 1.27 bits per heavy atom. The minimum atomic E-state index is -2.40. The first-order valence-electron chi connectivity index (χ1n) is 9.83. The molecule has 30 heavy (non-hydrogen) atoms. The highest BCUT2D eigenvalue weighted by atomic mass is 16.4. The van der Waals surface area contributed by atoms with Crippen LogP contribution in [0, 0.1) is 0 Å². The number of aliphatic hydroxyl groups excluding tert-OH is 1. The van der Waals surface area contributed by atoms with Crippen LogP contribution >= 0.6 is 0 Å². The lowest BCUT2D eigenvalue weighted by atomic mass is 9.86. The number of aliphatic carboxylic acids is 1. The van der Waals surface area contributed by atoms with Gasteiger partial charge in [-0.15, -0.1) is 0 Å². The molecule has 3 heterocycles. The van der Waals surface area contributed by atoms with Crippen LogP contribution in [0.5, 0.6) is 0 Å².